The van der Waals surface area contributed by atoms with Gasteiger partial charge >= 0.3 is 0 Å². The van der Waals surface area contributed by atoms with Crippen molar-refractivity contribution in [2.75, 3.05) is 6.67 Å². The molecular weight excluding hydrogens is 217 g/mol. The highest BCUT2D eigenvalue weighted by atomic mass is 19.3. The number of hydrogen-bond donors (Lipinski definition) is 1. The summed E-state index contributed by atoms with van der Waals surface area (Å²) in [6.07, 6.45) is 3.54. The Morgan fingerprint density at radius 3 is 1.62 bits per heavy atom. The summed E-state index contributed by atoms with van der Waals surface area (Å²) in [5.74, 6) is 0. The molecule has 1 nitrogen and oxygen atoms in total. The monoisotopic (exact) mass is 240 g/mol. The van der Waals surface area contributed by atoms with Crippen LogP contribution >= 0.6 is 0 Å². The number of rotatable bonds is 11. The van der Waals surface area contributed by atoms with Crippen LogP contribution in [0.15, 0.2) is 0 Å². The van der Waals surface area contributed by atoms with Crippen molar-refractivity contribution in [1.29, 1.82) is 0 Å². The molecule has 0 radical (unpaired) electrons. The first-order valence-corrected chi connectivity index (χ1v) is 6.20. The summed E-state index contributed by atoms with van der Waals surface area (Å²) in [6.45, 7) is -0.231. The van der Waals surface area contributed by atoms with Crippen molar-refractivity contribution in [3.8, 4) is 0 Å². The number of hydrogen-bond acceptors (Lipinski definition) is 1. The summed E-state index contributed by atoms with van der Waals surface area (Å²) >= 11 is 0. The van der Waals surface area contributed by atoms with Gasteiger partial charge in [0.05, 0.1) is 6.67 Å². The Morgan fingerprint density at radius 2 is 1.19 bits per heavy atom. The van der Waals surface area contributed by atoms with Crippen LogP contribution < -0.4 is 0 Å². The molecule has 0 aromatic heterocycles. The smallest absolute Gasteiger partial charge is 0.264 e. The summed E-state index contributed by atoms with van der Waals surface area (Å²) in [4.78, 5) is 0. The fraction of sp³-hybridized carbons (Fsp3) is 1.00. The normalized spacial score (nSPS) is 13.3. The first-order valence-electron chi connectivity index (χ1n) is 6.20. The van der Waals surface area contributed by atoms with Crippen LogP contribution in [0.25, 0.3) is 0 Å². The molecule has 1 N–H and O–H groups in total. The minimum Gasteiger partial charge on any atom is -0.387 e. The summed E-state index contributed by atoms with van der Waals surface area (Å²) in [6, 6.07) is 0. The van der Waals surface area contributed by atoms with Gasteiger partial charge in [0.2, 0.25) is 0 Å². The molecule has 0 heterocycles. The zero-order valence-electron chi connectivity index (χ0n) is 9.81. The van der Waals surface area contributed by atoms with Gasteiger partial charge in [0, 0.05) is 0 Å². The molecule has 16 heavy (non-hydrogen) atoms. The van der Waals surface area contributed by atoms with E-state index >= 15 is 0 Å². The Balaban J connectivity index is 3.04. The summed E-state index contributed by atoms with van der Waals surface area (Å²) in [5.41, 5.74) is 0. The van der Waals surface area contributed by atoms with Crippen LogP contribution in [0.3, 0.4) is 0 Å². The summed E-state index contributed by atoms with van der Waals surface area (Å²) in [7, 11) is 0. The van der Waals surface area contributed by atoms with Crippen molar-refractivity contribution in [3.05, 3.63) is 0 Å². The van der Waals surface area contributed by atoms with E-state index in [0.717, 1.165) is 38.5 Å². The Hall–Kier alpha value is -0.250. The van der Waals surface area contributed by atoms with Gasteiger partial charge in [0.25, 0.3) is 6.43 Å². The maximum absolute atomic E-state index is 11.9. The van der Waals surface area contributed by atoms with Gasteiger partial charge in [0.15, 0.2) is 0 Å². The highest BCUT2D eigenvalue weighted by molar-refractivity contribution is 4.57. The maximum Gasteiger partial charge on any atom is 0.264 e. The molecule has 0 saturated heterocycles. The number of alkyl halides is 3. The second kappa shape index (κ2) is 11.2. The van der Waals surface area contributed by atoms with Crippen molar-refractivity contribution < 1.29 is 18.3 Å². The molecule has 0 aliphatic rings. The van der Waals surface area contributed by atoms with Gasteiger partial charge < -0.3 is 5.11 Å². The van der Waals surface area contributed by atoms with Crippen molar-refractivity contribution >= 4 is 0 Å². The van der Waals surface area contributed by atoms with Crippen LogP contribution in [0.2, 0.25) is 0 Å². The third-order valence-electron chi connectivity index (χ3n) is 2.67. The lowest BCUT2D eigenvalue weighted by Gasteiger charge is -2.08. The molecule has 0 amide bonds. The quantitative estimate of drug-likeness (QED) is 0.539. The van der Waals surface area contributed by atoms with E-state index in [1.165, 1.54) is 0 Å². The number of aliphatic hydroxyl groups excluding tert-OH is 1. The van der Waals surface area contributed by atoms with Crippen LogP contribution in [-0.2, 0) is 0 Å². The van der Waals surface area contributed by atoms with Gasteiger partial charge in [0.1, 0.15) is 6.10 Å². The fourth-order valence-corrected chi connectivity index (χ4v) is 1.63. The van der Waals surface area contributed by atoms with E-state index < -0.39 is 12.5 Å². The molecule has 0 aliphatic carbocycles. The molecule has 1 unspecified atom stereocenters. The number of unbranched alkanes of at least 4 members (excludes halogenated alkanes) is 7. The lowest BCUT2D eigenvalue weighted by atomic mass is 10.1. The molecule has 0 bridgehead atoms. The average Bonchev–Trinajstić information content (AvgIpc) is 2.26. The van der Waals surface area contributed by atoms with E-state index in [1.54, 1.807) is 0 Å². The minimum absolute atomic E-state index is 0.194. The van der Waals surface area contributed by atoms with Crippen LogP contribution in [0, 0.1) is 0 Å². The van der Waals surface area contributed by atoms with Gasteiger partial charge in [-0.1, -0.05) is 44.9 Å². The van der Waals surface area contributed by atoms with Crippen LogP contribution in [0.4, 0.5) is 13.2 Å². The van der Waals surface area contributed by atoms with Gasteiger partial charge in [-0.3, -0.25) is 4.39 Å². The van der Waals surface area contributed by atoms with Gasteiger partial charge in [-0.2, -0.15) is 0 Å². The number of aliphatic hydroxyl groups is 1. The Labute approximate surface area is 96.0 Å². The fourth-order valence-electron chi connectivity index (χ4n) is 1.63. The Kier molecular flexibility index (Phi) is 11.1. The van der Waals surface area contributed by atoms with Crippen LogP contribution in [0.1, 0.15) is 57.8 Å². The largest absolute Gasteiger partial charge is 0.387 e. The van der Waals surface area contributed by atoms with Gasteiger partial charge in [-0.05, 0) is 12.8 Å². The van der Waals surface area contributed by atoms with Crippen molar-refractivity contribution in [1.82, 2.24) is 0 Å². The van der Waals surface area contributed by atoms with Crippen molar-refractivity contribution in [3.63, 3.8) is 0 Å². The second-order valence-corrected chi connectivity index (χ2v) is 4.21. The van der Waals surface area contributed by atoms with Crippen molar-refractivity contribution in [2.24, 2.45) is 0 Å². The molecule has 0 aromatic rings. The van der Waals surface area contributed by atoms with E-state index in [9.17, 15) is 13.2 Å². The summed E-state index contributed by atoms with van der Waals surface area (Å²) in [5, 5.41) is 8.84. The number of halogens is 3. The molecule has 1 atom stereocenters. The van der Waals surface area contributed by atoms with Crippen LogP contribution in [0.5, 0.6) is 0 Å². The third-order valence-corrected chi connectivity index (χ3v) is 2.67. The van der Waals surface area contributed by atoms with Gasteiger partial charge in [-0.25, -0.2) is 8.78 Å². The first-order chi connectivity index (χ1) is 7.68. The Morgan fingerprint density at radius 1 is 0.750 bits per heavy atom. The average molecular weight is 240 g/mol. The van der Waals surface area contributed by atoms with E-state index in [2.05, 4.69) is 0 Å². The second-order valence-electron chi connectivity index (χ2n) is 4.21. The highest BCUT2D eigenvalue weighted by Crippen LogP contribution is 2.13. The zero-order chi connectivity index (χ0) is 12.2. The predicted molar refractivity (Wildman–Crippen MR) is 59.5 cm³/mol. The lowest BCUT2D eigenvalue weighted by Crippen LogP contribution is -2.16. The first kappa shape index (κ1) is 15.8. The molecule has 0 saturated carbocycles. The van der Waals surface area contributed by atoms with Gasteiger partial charge in [-0.15, -0.1) is 0 Å². The van der Waals surface area contributed by atoms with E-state index in [4.69, 9.17) is 5.11 Å². The minimum atomic E-state index is -2.61. The molecule has 98 valence electrons. The van der Waals surface area contributed by atoms with Crippen molar-refractivity contribution in [2.45, 2.75) is 70.3 Å². The topological polar surface area (TPSA) is 20.2 Å². The van der Waals surface area contributed by atoms with E-state index in [0.29, 0.717) is 12.8 Å². The molecular formula is C12H23F3O. The molecule has 0 spiro atoms. The maximum atomic E-state index is 11.9. The standard InChI is InChI=1S/C12H23F3O/c13-10-8-6-4-2-1-3-5-7-9-11(16)12(14)15/h11-12,16H,1-10H2. The molecule has 0 fully saturated rings. The molecule has 4 heteroatoms. The SMILES string of the molecule is OC(CCCCCCCCCCF)C(F)F. The third kappa shape index (κ3) is 10.3. The zero-order valence-corrected chi connectivity index (χ0v) is 9.81. The van der Waals surface area contributed by atoms with Crippen LogP contribution in [-0.4, -0.2) is 24.3 Å². The summed E-state index contributed by atoms with van der Waals surface area (Å²) < 4.78 is 35.5. The van der Waals surface area contributed by atoms with E-state index in [1.807, 2.05) is 0 Å². The Bertz CT molecular complexity index is 142. The molecule has 0 aliphatic heterocycles. The predicted octanol–water partition coefficient (Wildman–Crippen LogP) is 4.09. The lowest BCUT2D eigenvalue weighted by molar-refractivity contribution is -0.0100. The highest BCUT2D eigenvalue weighted by Gasteiger charge is 2.15. The molecule has 0 rings (SSSR count). The van der Waals surface area contributed by atoms with E-state index in [-0.39, 0.29) is 13.1 Å². The molecule has 0 aromatic carbocycles.